The summed E-state index contributed by atoms with van der Waals surface area (Å²) < 4.78 is 38.7. The van der Waals surface area contributed by atoms with Crippen LogP contribution in [0.3, 0.4) is 0 Å². The average molecular weight is 396 g/mol. The zero-order valence-corrected chi connectivity index (χ0v) is 15.4. The van der Waals surface area contributed by atoms with E-state index < -0.39 is 11.7 Å². The molecule has 0 aliphatic carbocycles. The molecule has 1 amide bonds. The summed E-state index contributed by atoms with van der Waals surface area (Å²) in [6, 6.07) is 8.86. The van der Waals surface area contributed by atoms with Gasteiger partial charge in [0.05, 0.1) is 23.2 Å². The first-order valence-corrected chi connectivity index (χ1v) is 9.70. The van der Waals surface area contributed by atoms with Gasteiger partial charge in [-0.25, -0.2) is 4.98 Å². The molecule has 0 unspecified atom stereocenters. The number of carbonyl (C=O) groups excluding carboxylic acids is 1. The molecule has 2 aromatic heterocycles. The maximum Gasteiger partial charge on any atom is 0.416 e. The number of rotatable bonds is 5. The highest BCUT2D eigenvalue weighted by Crippen LogP contribution is 2.34. The Morgan fingerprint density at radius 2 is 2.08 bits per heavy atom. The molecule has 8 heteroatoms. The van der Waals surface area contributed by atoms with Gasteiger partial charge in [0.25, 0.3) is 0 Å². The molecule has 0 saturated carbocycles. The minimum atomic E-state index is -4.42. The molecular weight excluding hydrogens is 381 g/mol. The van der Waals surface area contributed by atoms with Gasteiger partial charge >= 0.3 is 6.18 Å². The van der Waals surface area contributed by atoms with Gasteiger partial charge in [-0.3, -0.25) is 4.79 Å². The van der Waals surface area contributed by atoms with Gasteiger partial charge in [0.15, 0.2) is 0 Å². The van der Waals surface area contributed by atoms with Crippen LogP contribution in [-0.4, -0.2) is 16.6 Å². The minimum Gasteiger partial charge on any atom is -0.323 e. The number of anilines is 1. The number of alkyl halides is 3. The van der Waals surface area contributed by atoms with Crippen molar-refractivity contribution in [1.82, 2.24) is 4.98 Å². The van der Waals surface area contributed by atoms with Gasteiger partial charge < -0.3 is 5.32 Å². The summed E-state index contributed by atoms with van der Waals surface area (Å²) in [6.45, 7) is 1.92. The van der Waals surface area contributed by atoms with Crippen molar-refractivity contribution >= 4 is 45.6 Å². The van der Waals surface area contributed by atoms with E-state index in [2.05, 4.69) is 10.3 Å². The Morgan fingerprint density at radius 1 is 1.27 bits per heavy atom. The number of aromatic nitrogens is 1. The maximum atomic E-state index is 12.9. The van der Waals surface area contributed by atoms with E-state index in [0.29, 0.717) is 21.9 Å². The Morgan fingerprint density at radius 3 is 2.73 bits per heavy atom. The molecule has 3 nitrogen and oxygen atoms in total. The van der Waals surface area contributed by atoms with Crippen molar-refractivity contribution in [3.63, 3.8) is 0 Å². The van der Waals surface area contributed by atoms with Crippen LogP contribution in [0, 0.1) is 0 Å². The fourth-order valence-electron chi connectivity index (χ4n) is 2.43. The fourth-order valence-corrected chi connectivity index (χ4v) is 3.83. The lowest BCUT2D eigenvalue weighted by molar-refractivity contribution is -0.137. The van der Waals surface area contributed by atoms with E-state index in [9.17, 15) is 18.0 Å². The van der Waals surface area contributed by atoms with Crippen molar-refractivity contribution in [2.24, 2.45) is 0 Å². The first kappa shape index (κ1) is 18.7. The summed E-state index contributed by atoms with van der Waals surface area (Å²) in [5.74, 6) is 0.504. The van der Waals surface area contributed by atoms with Crippen molar-refractivity contribution in [1.29, 1.82) is 0 Å². The lowest BCUT2D eigenvalue weighted by atomic mass is 10.1. The number of hydrogen-bond donors (Lipinski definition) is 1. The SMILES string of the molecule is CCSc1nc2cc(C(F)(F)F)ccc2cc1NC(=O)Cc1cccs1. The zero-order chi connectivity index (χ0) is 18.7. The highest BCUT2D eigenvalue weighted by molar-refractivity contribution is 7.99. The van der Waals surface area contributed by atoms with Gasteiger partial charge in [0.1, 0.15) is 5.03 Å². The van der Waals surface area contributed by atoms with Crippen molar-refractivity contribution < 1.29 is 18.0 Å². The molecule has 0 bridgehead atoms. The predicted octanol–water partition coefficient (Wildman–Crippen LogP) is 5.61. The first-order chi connectivity index (χ1) is 12.4. The van der Waals surface area contributed by atoms with E-state index in [4.69, 9.17) is 0 Å². The van der Waals surface area contributed by atoms with E-state index in [1.165, 1.54) is 29.2 Å². The van der Waals surface area contributed by atoms with Gasteiger partial charge in [-0.05, 0) is 35.4 Å². The van der Waals surface area contributed by atoms with Crippen LogP contribution in [0.4, 0.5) is 18.9 Å². The lowest BCUT2D eigenvalue weighted by Gasteiger charge is -2.12. The van der Waals surface area contributed by atoms with Gasteiger partial charge in [-0.2, -0.15) is 13.2 Å². The number of nitrogens with zero attached hydrogens (tertiary/aromatic N) is 1. The van der Waals surface area contributed by atoms with Crippen molar-refractivity contribution in [3.8, 4) is 0 Å². The number of benzene rings is 1. The molecule has 1 aromatic carbocycles. The molecule has 0 aliphatic rings. The predicted molar refractivity (Wildman–Crippen MR) is 99.8 cm³/mol. The van der Waals surface area contributed by atoms with Gasteiger partial charge in [0, 0.05) is 10.3 Å². The number of carbonyl (C=O) groups is 1. The van der Waals surface area contributed by atoms with Crippen molar-refractivity contribution in [2.45, 2.75) is 24.5 Å². The molecule has 0 spiro atoms. The van der Waals surface area contributed by atoms with Crippen LogP contribution in [0.25, 0.3) is 10.9 Å². The largest absolute Gasteiger partial charge is 0.416 e. The summed E-state index contributed by atoms with van der Waals surface area (Å²) in [7, 11) is 0. The second-order valence-corrected chi connectivity index (χ2v) is 7.77. The minimum absolute atomic E-state index is 0.182. The van der Waals surface area contributed by atoms with Crippen LogP contribution in [0.15, 0.2) is 46.8 Å². The molecule has 1 N–H and O–H groups in total. The van der Waals surface area contributed by atoms with E-state index in [1.54, 1.807) is 6.07 Å². The second-order valence-electron chi connectivity index (χ2n) is 5.48. The molecular formula is C18H15F3N2OS2. The lowest BCUT2D eigenvalue weighted by Crippen LogP contribution is -2.15. The second kappa shape index (κ2) is 7.67. The van der Waals surface area contributed by atoms with Gasteiger partial charge in [0.2, 0.25) is 5.91 Å². The van der Waals surface area contributed by atoms with Crippen molar-refractivity contribution in [3.05, 3.63) is 52.2 Å². The Kier molecular flexibility index (Phi) is 5.52. The summed E-state index contributed by atoms with van der Waals surface area (Å²) in [6.07, 6.45) is -4.17. The topological polar surface area (TPSA) is 42.0 Å². The monoisotopic (exact) mass is 396 g/mol. The van der Waals surface area contributed by atoms with E-state index in [-0.39, 0.29) is 17.8 Å². The molecule has 3 rings (SSSR count). The molecule has 0 saturated heterocycles. The normalized spacial score (nSPS) is 11.7. The Labute approximate surface area is 156 Å². The third-order valence-corrected chi connectivity index (χ3v) is 5.33. The number of thiophene rings is 1. The van der Waals surface area contributed by atoms with Crippen LogP contribution >= 0.6 is 23.1 Å². The van der Waals surface area contributed by atoms with Gasteiger partial charge in [-0.1, -0.05) is 19.1 Å². The van der Waals surface area contributed by atoms with E-state index in [1.807, 2.05) is 24.4 Å². The summed E-state index contributed by atoms with van der Waals surface area (Å²) in [4.78, 5) is 17.5. The third-order valence-electron chi connectivity index (χ3n) is 3.58. The van der Waals surface area contributed by atoms with Crippen LogP contribution in [-0.2, 0) is 17.4 Å². The van der Waals surface area contributed by atoms with E-state index >= 15 is 0 Å². The number of amides is 1. The quantitative estimate of drug-likeness (QED) is 0.570. The summed E-state index contributed by atoms with van der Waals surface area (Å²) in [5, 5.41) is 5.79. The summed E-state index contributed by atoms with van der Waals surface area (Å²) in [5.41, 5.74) is 0.0390. The molecule has 2 heterocycles. The number of hydrogen-bond acceptors (Lipinski definition) is 4. The van der Waals surface area contributed by atoms with Gasteiger partial charge in [-0.15, -0.1) is 23.1 Å². The zero-order valence-electron chi connectivity index (χ0n) is 13.8. The Balaban J connectivity index is 1.93. The third kappa shape index (κ3) is 4.37. The molecule has 3 aromatic rings. The molecule has 0 aliphatic heterocycles. The van der Waals surface area contributed by atoms with Crippen molar-refractivity contribution in [2.75, 3.05) is 11.1 Å². The number of nitrogens with one attached hydrogen (secondary N) is 1. The Hall–Kier alpha value is -2.06. The molecule has 0 fully saturated rings. The molecule has 26 heavy (non-hydrogen) atoms. The van der Waals surface area contributed by atoms with E-state index in [0.717, 1.165) is 17.0 Å². The fraction of sp³-hybridized carbons (Fsp3) is 0.222. The number of thioether (sulfide) groups is 1. The number of fused-ring (bicyclic) bond motifs is 1. The standard InChI is InChI=1S/C18H15F3N2OS2/c1-2-25-17-15(22-16(24)10-13-4-3-7-26-13)8-11-5-6-12(18(19,20)21)9-14(11)23-17/h3-9H,2,10H2,1H3,(H,22,24). The molecule has 0 radical (unpaired) electrons. The first-order valence-electron chi connectivity index (χ1n) is 7.84. The molecule has 0 atom stereocenters. The summed E-state index contributed by atoms with van der Waals surface area (Å²) >= 11 is 2.87. The molecule has 136 valence electrons. The highest BCUT2D eigenvalue weighted by Gasteiger charge is 2.30. The average Bonchev–Trinajstić information content (AvgIpc) is 3.07. The number of halogens is 3. The number of pyridine rings is 1. The van der Waals surface area contributed by atoms with Crippen LogP contribution < -0.4 is 5.32 Å². The van der Waals surface area contributed by atoms with Crippen LogP contribution in [0.1, 0.15) is 17.4 Å². The van der Waals surface area contributed by atoms with Crippen LogP contribution in [0.2, 0.25) is 0 Å². The smallest absolute Gasteiger partial charge is 0.323 e. The maximum absolute atomic E-state index is 12.9. The highest BCUT2D eigenvalue weighted by atomic mass is 32.2. The Bertz CT molecular complexity index is 924. The van der Waals surface area contributed by atoms with Crippen LogP contribution in [0.5, 0.6) is 0 Å².